The number of nitro benzene ring substituents is 1. The summed E-state index contributed by atoms with van der Waals surface area (Å²) in [6, 6.07) is 3.71. The van der Waals surface area contributed by atoms with Crippen LogP contribution in [0.1, 0.15) is 6.92 Å². The monoisotopic (exact) mass is 264 g/mol. The molecular weight excluding hydrogens is 256 g/mol. The van der Waals surface area contributed by atoms with Crippen molar-refractivity contribution in [1.82, 2.24) is 4.72 Å². The first kappa shape index (κ1) is 12.9. The Hall–Kier alpha value is -1.18. The van der Waals surface area contributed by atoms with Crippen molar-refractivity contribution in [3.05, 3.63) is 33.3 Å². The maximum absolute atomic E-state index is 11.7. The Labute approximate surface area is 97.4 Å². The summed E-state index contributed by atoms with van der Waals surface area (Å²) >= 11 is 5.67. The zero-order valence-electron chi connectivity index (χ0n) is 8.31. The van der Waals surface area contributed by atoms with Crippen LogP contribution in [-0.2, 0) is 10.0 Å². The molecule has 8 heteroatoms. The summed E-state index contributed by atoms with van der Waals surface area (Å²) in [4.78, 5) is 9.40. The van der Waals surface area contributed by atoms with E-state index in [-0.39, 0.29) is 11.6 Å². The van der Waals surface area contributed by atoms with Crippen molar-refractivity contribution in [2.45, 2.75) is 11.8 Å². The quantitative estimate of drug-likeness (QED) is 0.660. The first-order chi connectivity index (χ1) is 7.40. The average Bonchev–Trinajstić information content (AvgIpc) is 2.16. The van der Waals surface area contributed by atoms with E-state index in [4.69, 9.17) is 11.6 Å². The van der Waals surface area contributed by atoms with Gasteiger partial charge in [0.1, 0.15) is 0 Å². The van der Waals surface area contributed by atoms with Crippen molar-refractivity contribution in [2.24, 2.45) is 0 Å². The molecule has 16 heavy (non-hydrogen) atoms. The topological polar surface area (TPSA) is 89.3 Å². The number of benzene rings is 1. The molecule has 0 fully saturated rings. The number of rotatable bonds is 4. The molecule has 0 spiro atoms. The molecule has 6 nitrogen and oxygen atoms in total. The highest BCUT2D eigenvalue weighted by molar-refractivity contribution is 7.89. The molecule has 0 unspecified atom stereocenters. The van der Waals surface area contributed by atoms with Gasteiger partial charge in [0, 0.05) is 12.6 Å². The number of halogens is 1. The molecule has 0 radical (unpaired) electrons. The minimum absolute atomic E-state index is 0.130. The summed E-state index contributed by atoms with van der Waals surface area (Å²) in [5, 5.41) is 10.5. The van der Waals surface area contributed by atoms with E-state index in [0.717, 1.165) is 6.07 Å². The molecule has 1 aromatic rings. The molecule has 0 aliphatic rings. The van der Waals surface area contributed by atoms with Gasteiger partial charge in [-0.1, -0.05) is 24.6 Å². The van der Waals surface area contributed by atoms with Gasteiger partial charge in [-0.05, 0) is 6.07 Å². The number of sulfonamides is 1. The lowest BCUT2D eigenvalue weighted by Gasteiger charge is -2.06. The molecule has 0 aliphatic heterocycles. The zero-order chi connectivity index (χ0) is 12.3. The number of hydrogen-bond acceptors (Lipinski definition) is 4. The van der Waals surface area contributed by atoms with Crippen LogP contribution in [-0.4, -0.2) is 19.9 Å². The van der Waals surface area contributed by atoms with Crippen LogP contribution in [0.2, 0.25) is 5.02 Å². The molecule has 0 aromatic heterocycles. The van der Waals surface area contributed by atoms with E-state index >= 15 is 0 Å². The summed E-state index contributed by atoms with van der Waals surface area (Å²) in [5.74, 6) is 0. The first-order valence-corrected chi connectivity index (χ1v) is 6.19. The Morgan fingerprint density at radius 2 is 2.12 bits per heavy atom. The molecule has 0 saturated heterocycles. The van der Waals surface area contributed by atoms with Crippen LogP contribution >= 0.6 is 11.6 Å². The fourth-order valence-electron chi connectivity index (χ4n) is 1.17. The van der Waals surface area contributed by atoms with Crippen LogP contribution in [0.3, 0.4) is 0 Å². The van der Waals surface area contributed by atoms with Gasteiger partial charge in [-0.25, -0.2) is 13.1 Å². The third-order valence-corrected chi connectivity index (χ3v) is 3.81. The van der Waals surface area contributed by atoms with Gasteiger partial charge in [0.2, 0.25) is 10.0 Å². The van der Waals surface area contributed by atoms with Gasteiger partial charge in [-0.2, -0.15) is 0 Å². The second-order valence-corrected chi connectivity index (χ2v) is 4.96. The fourth-order valence-corrected chi connectivity index (χ4v) is 2.91. The van der Waals surface area contributed by atoms with Crippen LogP contribution < -0.4 is 4.72 Å². The molecule has 0 atom stereocenters. The highest BCUT2D eigenvalue weighted by Gasteiger charge is 2.27. The SMILES string of the molecule is CCNS(=O)(=O)c1c(Cl)cccc1[N+](=O)[O-]. The van der Waals surface area contributed by atoms with E-state index in [1.54, 1.807) is 6.92 Å². The predicted molar refractivity (Wildman–Crippen MR) is 59.0 cm³/mol. The summed E-state index contributed by atoms with van der Waals surface area (Å²) in [6.07, 6.45) is 0. The second-order valence-electron chi connectivity index (χ2n) is 2.85. The molecular formula is C8H9ClN2O4S. The van der Waals surface area contributed by atoms with Crippen LogP contribution in [0.4, 0.5) is 5.69 Å². The van der Waals surface area contributed by atoms with Crippen molar-refractivity contribution in [1.29, 1.82) is 0 Å². The fraction of sp³-hybridized carbons (Fsp3) is 0.250. The van der Waals surface area contributed by atoms with Crippen molar-refractivity contribution >= 4 is 27.3 Å². The van der Waals surface area contributed by atoms with E-state index < -0.39 is 25.5 Å². The van der Waals surface area contributed by atoms with Gasteiger partial charge in [0.15, 0.2) is 4.90 Å². The summed E-state index contributed by atoms with van der Waals surface area (Å²) in [5.41, 5.74) is -0.534. The van der Waals surface area contributed by atoms with Crippen LogP contribution in [0.5, 0.6) is 0 Å². The highest BCUT2D eigenvalue weighted by Crippen LogP contribution is 2.30. The normalized spacial score (nSPS) is 11.4. The summed E-state index contributed by atoms with van der Waals surface area (Å²) in [6.45, 7) is 1.70. The zero-order valence-corrected chi connectivity index (χ0v) is 9.88. The number of nitrogens with zero attached hydrogens (tertiary/aromatic N) is 1. The minimum Gasteiger partial charge on any atom is -0.258 e. The van der Waals surface area contributed by atoms with Gasteiger partial charge in [0.25, 0.3) is 5.69 Å². The number of nitrogens with one attached hydrogen (secondary N) is 1. The third kappa shape index (κ3) is 2.49. The lowest BCUT2D eigenvalue weighted by Crippen LogP contribution is -2.24. The molecule has 0 heterocycles. The van der Waals surface area contributed by atoms with Crippen molar-refractivity contribution in [2.75, 3.05) is 6.54 Å². The molecule has 88 valence electrons. The predicted octanol–water partition coefficient (Wildman–Crippen LogP) is 1.55. The molecule has 0 bridgehead atoms. The molecule has 1 N–H and O–H groups in total. The Bertz CT molecular complexity index is 515. The maximum Gasteiger partial charge on any atom is 0.290 e. The van der Waals surface area contributed by atoms with Crippen molar-refractivity contribution in [3.63, 3.8) is 0 Å². The molecule has 1 aromatic carbocycles. The summed E-state index contributed by atoms with van der Waals surface area (Å²) in [7, 11) is -3.94. The smallest absolute Gasteiger partial charge is 0.258 e. The van der Waals surface area contributed by atoms with E-state index in [1.165, 1.54) is 12.1 Å². The van der Waals surface area contributed by atoms with E-state index in [1.807, 2.05) is 0 Å². The second kappa shape index (κ2) is 4.77. The number of nitro groups is 1. The largest absolute Gasteiger partial charge is 0.290 e. The Kier molecular flexibility index (Phi) is 3.84. The Morgan fingerprint density at radius 1 is 1.50 bits per heavy atom. The molecule has 0 aliphatic carbocycles. The van der Waals surface area contributed by atoms with Crippen molar-refractivity contribution in [3.8, 4) is 0 Å². The molecule has 1 rings (SSSR count). The average molecular weight is 265 g/mol. The third-order valence-electron chi connectivity index (χ3n) is 1.75. The van der Waals surface area contributed by atoms with E-state index in [2.05, 4.69) is 4.72 Å². The van der Waals surface area contributed by atoms with E-state index in [0.29, 0.717) is 0 Å². The van der Waals surface area contributed by atoms with Gasteiger partial charge in [0.05, 0.1) is 9.95 Å². The summed E-state index contributed by atoms with van der Waals surface area (Å²) < 4.78 is 25.5. The van der Waals surface area contributed by atoms with Gasteiger partial charge in [-0.15, -0.1) is 0 Å². The number of hydrogen-bond donors (Lipinski definition) is 1. The Morgan fingerprint density at radius 3 is 2.62 bits per heavy atom. The first-order valence-electron chi connectivity index (χ1n) is 4.32. The lowest BCUT2D eigenvalue weighted by molar-refractivity contribution is -0.387. The minimum atomic E-state index is -3.94. The van der Waals surface area contributed by atoms with Crippen LogP contribution in [0.25, 0.3) is 0 Å². The molecule has 0 saturated carbocycles. The van der Waals surface area contributed by atoms with Gasteiger partial charge < -0.3 is 0 Å². The van der Waals surface area contributed by atoms with E-state index in [9.17, 15) is 18.5 Å². The van der Waals surface area contributed by atoms with Gasteiger partial charge in [-0.3, -0.25) is 10.1 Å². The van der Waals surface area contributed by atoms with Crippen LogP contribution in [0, 0.1) is 10.1 Å². The molecule has 0 amide bonds. The lowest BCUT2D eigenvalue weighted by atomic mass is 10.3. The maximum atomic E-state index is 11.7. The van der Waals surface area contributed by atoms with Crippen molar-refractivity contribution < 1.29 is 13.3 Å². The van der Waals surface area contributed by atoms with Crippen LogP contribution in [0.15, 0.2) is 23.1 Å². The van der Waals surface area contributed by atoms with Gasteiger partial charge >= 0.3 is 0 Å². The highest BCUT2D eigenvalue weighted by atomic mass is 35.5. The Balaban J connectivity index is 3.48. The standard InChI is InChI=1S/C8H9ClN2O4S/c1-2-10-16(14,15)8-6(9)4-3-5-7(8)11(12)13/h3-5,10H,2H2,1H3.